The van der Waals surface area contributed by atoms with E-state index in [1.54, 1.807) is 0 Å². The first-order valence-electron chi connectivity index (χ1n) is 26.6. The first-order chi connectivity index (χ1) is 35.3. The molecule has 7 aromatic carbocycles. The average Bonchev–Trinajstić information content (AvgIpc) is 3.94. The van der Waals surface area contributed by atoms with E-state index in [4.69, 9.17) is 15.0 Å². The van der Waals surface area contributed by atoms with Crippen LogP contribution in [0.4, 0.5) is 0 Å². The van der Waals surface area contributed by atoms with E-state index in [2.05, 4.69) is 265 Å². The third-order valence-electron chi connectivity index (χ3n) is 14.9. The maximum atomic E-state index is 12.7. The van der Waals surface area contributed by atoms with Gasteiger partial charge in [-0.05, 0) is 127 Å². The molecule has 0 saturated carbocycles. The van der Waals surface area contributed by atoms with Crippen LogP contribution in [0.3, 0.4) is 0 Å². The smallest absolute Gasteiger partial charge is 0.164 e. The molecular formula is C69H73N5O. The SMILES string of the molecule is CC(C)(C)c1cc(-c2cccc3c2nc(-c2cc(C(C)(C)C)cc(C(C)(C)C)c2O)n3-c2ccc(C(C)(C)C)cc2-c2ccccc2)cc(-c2nc3cccnc3n2-c2ccc(C(C)(C)C)cc2-c2ccccc2)c1. The molecule has 0 aliphatic heterocycles. The van der Waals surface area contributed by atoms with Crippen molar-refractivity contribution in [2.24, 2.45) is 0 Å². The Morgan fingerprint density at radius 3 is 1.44 bits per heavy atom. The van der Waals surface area contributed by atoms with E-state index in [-0.39, 0.29) is 32.8 Å². The second kappa shape index (κ2) is 18.4. The molecule has 0 saturated heterocycles. The first-order valence-corrected chi connectivity index (χ1v) is 26.6. The summed E-state index contributed by atoms with van der Waals surface area (Å²) in [5.41, 5.74) is 18.2. The number of aromatic nitrogens is 5. The fourth-order valence-electron chi connectivity index (χ4n) is 10.3. The fraction of sp³-hybridized carbons (Fsp3) is 0.290. The molecule has 0 unspecified atom stereocenters. The summed E-state index contributed by atoms with van der Waals surface area (Å²) in [6.07, 6.45) is 1.86. The molecule has 6 nitrogen and oxygen atoms in total. The van der Waals surface area contributed by atoms with Crippen molar-refractivity contribution in [2.45, 2.75) is 131 Å². The van der Waals surface area contributed by atoms with Crippen LogP contribution in [-0.2, 0) is 27.1 Å². The molecule has 75 heavy (non-hydrogen) atoms. The van der Waals surface area contributed by atoms with Crippen molar-refractivity contribution >= 4 is 22.2 Å². The van der Waals surface area contributed by atoms with Crippen LogP contribution < -0.4 is 0 Å². The van der Waals surface area contributed by atoms with Crippen molar-refractivity contribution in [3.63, 3.8) is 0 Å². The van der Waals surface area contributed by atoms with Crippen molar-refractivity contribution in [2.75, 3.05) is 0 Å². The van der Waals surface area contributed by atoms with Crippen LogP contribution in [0.15, 0.2) is 164 Å². The van der Waals surface area contributed by atoms with Gasteiger partial charge in [-0.1, -0.05) is 201 Å². The number of rotatable bonds is 7. The predicted octanol–water partition coefficient (Wildman–Crippen LogP) is 18.3. The third-order valence-corrected chi connectivity index (χ3v) is 14.9. The number of benzene rings is 7. The monoisotopic (exact) mass is 988 g/mol. The maximum absolute atomic E-state index is 12.7. The van der Waals surface area contributed by atoms with Crippen molar-refractivity contribution in [1.29, 1.82) is 0 Å². The zero-order valence-electron chi connectivity index (χ0n) is 46.8. The first kappa shape index (κ1) is 50.9. The number of pyridine rings is 1. The second-order valence-electron chi connectivity index (χ2n) is 25.7. The molecule has 0 amide bonds. The molecule has 380 valence electrons. The number of fused-ring (bicyclic) bond motifs is 2. The van der Waals surface area contributed by atoms with Crippen molar-refractivity contribution < 1.29 is 5.11 Å². The fourth-order valence-corrected chi connectivity index (χ4v) is 10.3. The summed E-state index contributed by atoms with van der Waals surface area (Å²) >= 11 is 0. The third kappa shape index (κ3) is 9.61. The number of imidazole rings is 2. The highest BCUT2D eigenvalue weighted by Crippen LogP contribution is 2.47. The number of hydrogen-bond donors (Lipinski definition) is 1. The van der Waals surface area contributed by atoms with Gasteiger partial charge in [0.05, 0.1) is 28.0 Å². The Bertz CT molecular complexity index is 3780. The summed E-state index contributed by atoms with van der Waals surface area (Å²) in [6.45, 7) is 33.7. The quantitative estimate of drug-likeness (QED) is 0.173. The second-order valence-corrected chi connectivity index (χ2v) is 25.7. The summed E-state index contributed by atoms with van der Waals surface area (Å²) in [5, 5.41) is 12.7. The van der Waals surface area contributed by atoms with E-state index in [0.29, 0.717) is 11.4 Å². The molecule has 0 aliphatic carbocycles. The summed E-state index contributed by atoms with van der Waals surface area (Å²) in [4.78, 5) is 16.3. The molecule has 3 heterocycles. The van der Waals surface area contributed by atoms with E-state index in [0.717, 1.165) is 89.5 Å². The highest BCUT2D eigenvalue weighted by atomic mass is 16.3. The molecule has 0 atom stereocenters. The van der Waals surface area contributed by atoms with E-state index in [9.17, 15) is 5.11 Å². The number of aromatic hydroxyl groups is 1. The standard InChI is InChI=1S/C69H73N5O/c1-65(2,3)47-31-33-57(52(39-47)43-24-18-16-19-25-43)73-59-30-22-28-51(60(59)72-63(73)54-41-50(68(10,11)12)42-55(61(54)75)69(13,14)15)45-36-46(38-49(37-45)67(7,8)9)62-71-56-29-23-35-70-64(56)74(62)58-34-32-48(66(4,5)6)40-53(58)44-26-20-17-21-27-44/h16-42,75H,1-15H3. The van der Waals surface area contributed by atoms with Crippen LogP contribution in [0.2, 0.25) is 0 Å². The zero-order valence-corrected chi connectivity index (χ0v) is 46.8. The Morgan fingerprint density at radius 2 is 0.893 bits per heavy atom. The van der Waals surface area contributed by atoms with Gasteiger partial charge in [0.25, 0.3) is 0 Å². The van der Waals surface area contributed by atoms with Crippen molar-refractivity contribution in [3.8, 4) is 73.3 Å². The maximum Gasteiger partial charge on any atom is 0.164 e. The molecule has 0 aliphatic rings. The molecule has 0 radical (unpaired) electrons. The van der Waals surface area contributed by atoms with Crippen LogP contribution in [0, 0.1) is 0 Å². The van der Waals surface area contributed by atoms with E-state index < -0.39 is 0 Å². The van der Waals surface area contributed by atoms with Gasteiger partial charge in [0, 0.05) is 34.0 Å². The molecular weight excluding hydrogens is 915 g/mol. The number of nitrogens with zero attached hydrogens (tertiary/aromatic N) is 5. The van der Waals surface area contributed by atoms with E-state index in [1.165, 1.54) is 16.7 Å². The molecule has 3 aromatic heterocycles. The minimum atomic E-state index is -0.349. The van der Waals surface area contributed by atoms with E-state index >= 15 is 0 Å². The summed E-state index contributed by atoms with van der Waals surface area (Å²) in [6, 6.07) is 56.9. The minimum Gasteiger partial charge on any atom is -0.507 e. The average molecular weight is 988 g/mol. The molecule has 10 rings (SSSR count). The minimum absolute atomic E-state index is 0.0635. The van der Waals surface area contributed by atoms with Crippen LogP contribution >= 0.6 is 0 Å². The zero-order chi connectivity index (χ0) is 53.6. The molecule has 10 aromatic rings. The van der Waals surface area contributed by atoms with Gasteiger partial charge in [-0.15, -0.1) is 0 Å². The number of para-hydroxylation sites is 1. The molecule has 6 heteroatoms. The Kier molecular flexibility index (Phi) is 12.5. The predicted molar refractivity (Wildman–Crippen MR) is 316 cm³/mol. The Balaban J connectivity index is 1.30. The van der Waals surface area contributed by atoms with Gasteiger partial charge in [-0.2, -0.15) is 0 Å². The van der Waals surface area contributed by atoms with Gasteiger partial charge in [0.1, 0.15) is 22.9 Å². The lowest BCUT2D eigenvalue weighted by Crippen LogP contribution is -2.17. The van der Waals surface area contributed by atoms with Crippen LogP contribution in [0.25, 0.3) is 89.7 Å². The van der Waals surface area contributed by atoms with Gasteiger partial charge < -0.3 is 5.11 Å². The van der Waals surface area contributed by atoms with Gasteiger partial charge >= 0.3 is 0 Å². The summed E-state index contributed by atoms with van der Waals surface area (Å²) in [7, 11) is 0. The Morgan fingerprint density at radius 1 is 0.373 bits per heavy atom. The topological polar surface area (TPSA) is 68.8 Å². The van der Waals surface area contributed by atoms with Crippen molar-refractivity contribution in [3.05, 3.63) is 192 Å². The van der Waals surface area contributed by atoms with Gasteiger partial charge in [0.2, 0.25) is 0 Å². The molecule has 0 bridgehead atoms. The van der Waals surface area contributed by atoms with Gasteiger partial charge in [-0.3, -0.25) is 9.13 Å². The van der Waals surface area contributed by atoms with Crippen LogP contribution in [0.5, 0.6) is 5.75 Å². The highest BCUT2D eigenvalue weighted by Gasteiger charge is 2.31. The normalized spacial score (nSPS) is 12.8. The Hall–Kier alpha value is -7.57. The van der Waals surface area contributed by atoms with Gasteiger partial charge in [0.15, 0.2) is 5.65 Å². The van der Waals surface area contributed by atoms with Crippen molar-refractivity contribution in [1.82, 2.24) is 24.1 Å². The lowest BCUT2D eigenvalue weighted by atomic mass is 9.79. The number of phenols is 1. The lowest BCUT2D eigenvalue weighted by Gasteiger charge is -2.28. The lowest BCUT2D eigenvalue weighted by molar-refractivity contribution is 0.446. The number of phenolic OH excluding ortho intramolecular Hbond substituents is 1. The molecule has 1 N–H and O–H groups in total. The Labute approximate surface area is 445 Å². The highest BCUT2D eigenvalue weighted by molar-refractivity contribution is 5.98. The summed E-state index contributed by atoms with van der Waals surface area (Å²) < 4.78 is 4.56. The number of hydrogen-bond acceptors (Lipinski definition) is 4. The molecule has 0 fully saturated rings. The van der Waals surface area contributed by atoms with E-state index in [1.807, 2.05) is 12.3 Å². The van der Waals surface area contributed by atoms with Crippen LogP contribution in [-0.4, -0.2) is 29.2 Å². The van der Waals surface area contributed by atoms with Gasteiger partial charge in [-0.25, -0.2) is 15.0 Å². The summed E-state index contributed by atoms with van der Waals surface area (Å²) in [5.74, 6) is 1.73. The largest absolute Gasteiger partial charge is 0.507 e. The van der Waals surface area contributed by atoms with Crippen LogP contribution in [0.1, 0.15) is 132 Å². The molecule has 0 spiro atoms.